The van der Waals surface area contributed by atoms with E-state index in [1.807, 2.05) is 0 Å². The molecule has 0 aliphatic carbocycles. The van der Waals surface area contributed by atoms with E-state index in [0.29, 0.717) is 32.3 Å². The Balaban J connectivity index is 0. The zero-order valence-electron chi connectivity index (χ0n) is 9.90. The van der Waals surface area contributed by atoms with Crippen LogP contribution in [-0.2, 0) is 19.6 Å². The zero-order chi connectivity index (χ0) is 11.7. The number of esters is 1. The average molecular weight is 260 g/mol. The van der Waals surface area contributed by atoms with Gasteiger partial charge in [0.2, 0.25) is 0 Å². The molecule has 0 rings (SSSR count). The normalized spacial score (nSPS) is 10.6. The monoisotopic (exact) mass is 260 g/mol. The molecule has 0 aromatic rings. The predicted octanol–water partition coefficient (Wildman–Crippen LogP) is -1.95. The first-order chi connectivity index (χ1) is 6.95. The van der Waals surface area contributed by atoms with E-state index >= 15 is 0 Å². The molecule has 0 unspecified atom stereocenters. The molecule has 0 spiro atoms. The van der Waals surface area contributed by atoms with Gasteiger partial charge in [0.25, 0.3) is 0 Å². The van der Waals surface area contributed by atoms with Crippen LogP contribution in [0.1, 0.15) is 39.0 Å². The Morgan fingerprint density at radius 1 is 1.19 bits per heavy atom. The fourth-order valence-electron chi connectivity index (χ4n) is 1.02. The van der Waals surface area contributed by atoms with Gasteiger partial charge in [-0.2, -0.15) is 0 Å². The number of unbranched alkanes of at least 4 members (excludes halogenated alkanes) is 3. The van der Waals surface area contributed by atoms with Crippen LogP contribution in [0.15, 0.2) is 0 Å². The van der Waals surface area contributed by atoms with Crippen LogP contribution in [0.2, 0.25) is 0 Å². The Bertz CT molecular complexity index is 276. The Hall–Kier alpha value is 0.380. The van der Waals surface area contributed by atoms with E-state index in [1.165, 1.54) is 0 Å². The summed E-state index contributed by atoms with van der Waals surface area (Å²) >= 11 is 0. The van der Waals surface area contributed by atoms with Crippen LogP contribution in [0.3, 0.4) is 0 Å². The number of carbonyl (C=O) groups excluding carboxylic acids is 1. The van der Waals surface area contributed by atoms with Gasteiger partial charge in [-0.25, -0.2) is 8.42 Å². The molecular formula is C9H17NaO5S. The van der Waals surface area contributed by atoms with Crippen molar-refractivity contribution in [2.24, 2.45) is 0 Å². The van der Waals surface area contributed by atoms with Crippen molar-refractivity contribution in [3.8, 4) is 0 Å². The first kappa shape index (κ1) is 18.7. The summed E-state index contributed by atoms with van der Waals surface area (Å²) in [5.41, 5.74) is 0. The molecule has 90 valence electrons. The number of rotatable bonds is 8. The molecule has 0 saturated heterocycles. The molecule has 0 heterocycles. The summed E-state index contributed by atoms with van der Waals surface area (Å²) in [4.78, 5) is 10.7. The fourth-order valence-corrected chi connectivity index (χ4v) is 1.58. The van der Waals surface area contributed by atoms with Crippen LogP contribution in [0, 0.1) is 0 Å². The van der Waals surface area contributed by atoms with Gasteiger partial charge in [-0.1, -0.05) is 19.8 Å². The van der Waals surface area contributed by atoms with E-state index in [9.17, 15) is 17.8 Å². The standard InChI is InChI=1S/C9H18O5S.Na/c1-2-9(10)14-7-5-3-4-6-8-15(11,12)13;/h2-8H2,1H3,(H,11,12,13);/q;+1/p-1. The fraction of sp³-hybridized carbons (Fsp3) is 0.889. The third kappa shape index (κ3) is 14.4. The summed E-state index contributed by atoms with van der Waals surface area (Å²) in [6.45, 7) is 2.10. The summed E-state index contributed by atoms with van der Waals surface area (Å²) < 4.78 is 35.5. The van der Waals surface area contributed by atoms with E-state index in [2.05, 4.69) is 0 Å². The second kappa shape index (κ2) is 10.5. The molecule has 5 nitrogen and oxygen atoms in total. The van der Waals surface area contributed by atoms with Crippen LogP contribution in [0.5, 0.6) is 0 Å². The Morgan fingerprint density at radius 2 is 1.75 bits per heavy atom. The van der Waals surface area contributed by atoms with Crippen LogP contribution >= 0.6 is 0 Å². The maximum atomic E-state index is 10.7. The molecule has 0 amide bonds. The van der Waals surface area contributed by atoms with Crippen molar-refractivity contribution in [1.29, 1.82) is 0 Å². The Kier molecular flexibility index (Phi) is 12.3. The first-order valence-electron chi connectivity index (χ1n) is 5.05. The van der Waals surface area contributed by atoms with E-state index < -0.39 is 10.1 Å². The third-order valence-electron chi connectivity index (χ3n) is 1.84. The molecule has 0 fully saturated rings. The number of carbonyl (C=O) groups is 1. The molecule has 0 atom stereocenters. The Labute approximate surface area is 119 Å². The van der Waals surface area contributed by atoms with Crippen LogP contribution in [0.25, 0.3) is 0 Å². The minimum absolute atomic E-state index is 0. The molecule has 0 radical (unpaired) electrons. The summed E-state index contributed by atoms with van der Waals surface area (Å²) in [5.74, 6) is -0.529. The summed E-state index contributed by atoms with van der Waals surface area (Å²) in [6.07, 6.45) is 2.91. The van der Waals surface area contributed by atoms with Crippen LogP contribution in [-0.4, -0.2) is 31.3 Å². The van der Waals surface area contributed by atoms with Gasteiger partial charge in [-0.05, 0) is 12.8 Å². The smallest absolute Gasteiger partial charge is 0.748 e. The van der Waals surface area contributed by atoms with Crippen molar-refractivity contribution >= 4 is 16.1 Å². The van der Waals surface area contributed by atoms with Crippen LogP contribution in [0.4, 0.5) is 0 Å². The van der Waals surface area contributed by atoms with E-state index in [4.69, 9.17) is 4.74 Å². The molecule has 0 saturated carbocycles. The molecule has 0 bridgehead atoms. The molecular weight excluding hydrogens is 243 g/mol. The quantitative estimate of drug-likeness (QED) is 0.219. The molecule has 16 heavy (non-hydrogen) atoms. The topological polar surface area (TPSA) is 83.5 Å². The van der Waals surface area contributed by atoms with E-state index in [-0.39, 0.29) is 41.3 Å². The first-order valence-corrected chi connectivity index (χ1v) is 6.62. The van der Waals surface area contributed by atoms with Gasteiger partial charge >= 0.3 is 35.5 Å². The number of hydrogen-bond acceptors (Lipinski definition) is 5. The van der Waals surface area contributed by atoms with E-state index in [1.54, 1.807) is 6.92 Å². The average Bonchev–Trinajstić information content (AvgIpc) is 2.14. The molecule has 7 heteroatoms. The molecule has 0 aliphatic rings. The van der Waals surface area contributed by atoms with Gasteiger partial charge in [0.1, 0.15) is 0 Å². The SMILES string of the molecule is CCC(=O)OCCCCCCS(=O)(=O)[O-].[Na+]. The van der Waals surface area contributed by atoms with Gasteiger partial charge in [0, 0.05) is 12.2 Å². The zero-order valence-corrected chi connectivity index (χ0v) is 12.7. The van der Waals surface area contributed by atoms with Crippen molar-refractivity contribution in [2.45, 2.75) is 39.0 Å². The van der Waals surface area contributed by atoms with Gasteiger partial charge in [-0.15, -0.1) is 0 Å². The van der Waals surface area contributed by atoms with Crippen molar-refractivity contribution < 1.29 is 52.1 Å². The van der Waals surface area contributed by atoms with Gasteiger partial charge in [0.15, 0.2) is 0 Å². The maximum absolute atomic E-state index is 10.7. The van der Waals surface area contributed by atoms with Crippen molar-refractivity contribution in [1.82, 2.24) is 0 Å². The largest absolute Gasteiger partial charge is 1.00 e. The van der Waals surface area contributed by atoms with Gasteiger partial charge < -0.3 is 9.29 Å². The van der Waals surface area contributed by atoms with Crippen LogP contribution < -0.4 is 29.6 Å². The molecule has 0 N–H and O–H groups in total. The number of ether oxygens (including phenoxy) is 1. The van der Waals surface area contributed by atoms with Crippen molar-refractivity contribution in [3.05, 3.63) is 0 Å². The second-order valence-electron chi connectivity index (χ2n) is 3.25. The van der Waals surface area contributed by atoms with E-state index in [0.717, 1.165) is 6.42 Å². The predicted molar refractivity (Wildman–Crippen MR) is 54.3 cm³/mol. The Morgan fingerprint density at radius 3 is 2.25 bits per heavy atom. The second-order valence-corrected chi connectivity index (χ2v) is 4.77. The molecule has 0 aromatic carbocycles. The minimum Gasteiger partial charge on any atom is -0.748 e. The number of hydrogen-bond donors (Lipinski definition) is 0. The van der Waals surface area contributed by atoms with Crippen molar-refractivity contribution in [3.63, 3.8) is 0 Å². The maximum Gasteiger partial charge on any atom is 1.00 e. The summed E-state index contributed by atoms with van der Waals surface area (Å²) in [7, 11) is -4.07. The van der Waals surface area contributed by atoms with Gasteiger partial charge in [0.05, 0.1) is 16.7 Å². The van der Waals surface area contributed by atoms with Gasteiger partial charge in [-0.3, -0.25) is 4.79 Å². The summed E-state index contributed by atoms with van der Waals surface area (Å²) in [6, 6.07) is 0. The third-order valence-corrected chi connectivity index (χ3v) is 2.63. The minimum atomic E-state index is -4.07. The molecule has 0 aliphatic heterocycles. The molecule has 0 aromatic heterocycles. The summed E-state index contributed by atoms with van der Waals surface area (Å²) in [5, 5.41) is 0. The van der Waals surface area contributed by atoms with Crippen molar-refractivity contribution in [2.75, 3.05) is 12.4 Å².